The molecule has 1 atom stereocenters. The molecule has 0 aliphatic rings. The molecule has 1 unspecified atom stereocenters. The molecule has 0 fully saturated rings. The second-order valence-electron chi connectivity index (χ2n) is 4.58. The molecule has 7 heteroatoms. The Morgan fingerprint density at radius 3 is 2.38 bits per heavy atom. The van der Waals surface area contributed by atoms with Crippen molar-refractivity contribution in [2.75, 3.05) is 5.73 Å². The third-order valence-corrected chi connectivity index (χ3v) is 5.02. The van der Waals surface area contributed by atoms with Crippen LogP contribution in [-0.2, 0) is 10.0 Å². The summed E-state index contributed by atoms with van der Waals surface area (Å²) in [6.45, 7) is 1.68. The van der Waals surface area contributed by atoms with Crippen LogP contribution in [0, 0.1) is 5.82 Å². The van der Waals surface area contributed by atoms with E-state index in [4.69, 9.17) is 5.73 Å². The van der Waals surface area contributed by atoms with Crippen LogP contribution >= 0.6 is 15.9 Å². The zero-order valence-corrected chi connectivity index (χ0v) is 13.6. The molecule has 0 saturated carbocycles. The minimum atomic E-state index is -3.94. The molecule has 0 bridgehead atoms. The van der Waals surface area contributed by atoms with Crippen molar-refractivity contribution in [3.8, 4) is 0 Å². The van der Waals surface area contributed by atoms with E-state index < -0.39 is 21.9 Å². The highest BCUT2D eigenvalue weighted by Crippen LogP contribution is 2.22. The van der Waals surface area contributed by atoms with Crippen LogP contribution in [0.4, 0.5) is 10.1 Å². The van der Waals surface area contributed by atoms with Crippen molar-refractivity contribution >= 4 is 31.6 Å². The molecule has 0 aliphatic heterocycles. The lowest BCUT2D eigenvalue weighted by Gasteiger charge is -2.15. The number of benzene rings is 2. The maximum Gasteiger partial charge on any atom is 0.244 e. The zero-order chi connectivity index (χ0) is 15.6. The maximum absolute atomic E-state index is 13.8. The van der Waals surface area contributed by atoms with E-state index in [0.717, 1.165) is 11.6 Å². The van der Waals surface area contributed by atoms with Gasteiger partial charge in [0, 0.05) is 16.2 Å². The summed E-state index contributed by atoms with van der Waals surface area (Å²) in [6.07, 6.45) is 0. The van der Waals surface area contributed by atoms with E-state index in [1.54, 1.807) is 31.2 Å². The van der Waals surface area contributed by atoms with E-state index in [9.17, 15) is 12.8 Å². The van der Waals surface area contributed by atoms with Crippen molar-refractivity contribution in [2.24, 2.45) is 0 Å². The van der Waals surface area contributed by atoms with Gasteiger partial charge in [0.15, 0.2) is 0 Å². The van der Waals surface area contributed by atoms with Gasteiger partial charge in [-0.25, -0.2) is 17.5 Å². The first-order valence-electron chi connectivity index (χ1n) is 6.12. The topological polar surface area (TPSA) is 72.2 Å². The quantitative estimate of drug-likeness (QED) is 0.809. The van der Waals surface area contributed by atoms with Gasteiger partial charge in [-0.05, 0) is 42.8 Å². The molecule has 4 nitrogen and oxygen atoms in total. The predicted octanol–water partition coefficient (Wildman–Crippen LogP) is 3.21. The van der Waals surface area contributed by atoms with E-state index >= 15 is 0 Å². The molecule has 0 spiro atoms. The van der Waals surface area contributed by atoms with Gasteiger partial charge in [0.1, 0.15) is 10.7 Å². The van der Waals surface area contributed by atoms with Crippen LogP contribution in [0.1, 0.15) is 18.5 Å². The Morgan fingerprint density at radius 2 is 1.81 bits per heavy atom. The van der Waals surface area contributed by atoms with Crippen LogP contribution in [0.2, 0.25) is 0 Å². The number of halogens is 2. The summed E-state index contributed by atoms with van der Waals surface area (Å²) < 4.78 is 41.2. The molecule has 0 aliphatic carbocycles. The molecule has 3 N–H and O–H groups in total. The molecule has 0 aromatic heterocycles. The fourth-order valence-electron chi connectivity index (χ4n) is 1.84. The van der Waals surface area contributed by atoms with Gasteiger partial charge in [-0.2, -0.15) is 0 Å². The highest BCUT2D eigenvalue weighted by Gasteiger charge is 2.22. The third kappa shape index (κ3) is 3.81. The van der Waals surface area contributed by atoms with Gasteiger partial charge in [0.2, 0.25) is 10.0 Å². The summed E-state index contributed by atoms with van der Waals surface area (Å²) in [5.74, 6) is -0.804. The van der Waals surface area contributed by atoms with Crippen molar-refractivity contribution in [3.63, 3.8) is 0 Å². The summed E-state index contributed by atoms with van der Waals surface area (Å²) >= 11 is 3.09. The molecule has 112 valence electrons. The fourth-order valence-corrected chi connectivity index (χ4v) is 3.47. The van der Waals surface area contributed by atoms with Crippen LogP contribution in [-0.4, -0.2) is 8.42 Å². The van der Waals surface area contributed by atoms with Gasteiger partial charge in [0.05, 0.1) is 0 Å². The molecular weight excluding hydrogens is 359 g/mol. The lowest BCUT2D eigenvalue weighted by Crippen LogP contribution is -2.27. The van der Waals surface area contributed by atoms with Gasteiger partial charge >= 0.3 is 0 Å². The second kappa shape index (κ2) is 6.13. The van der Waals surface area contributed by atoms with Crippen LogP contribution in [0.5, 0.6) is 0 Å². The standard InChI is InChI=1S/C14H14BrFN2O2S/c1-9(10-2-5-12(17)6-3-10)18-21(19,20)14-7-4-11(15)8-13(14)16/h2-9,18H,17H2,1H3. The fraction of sp³-hybridized carbons (Fsp3) is 0.143. The summed E-state index contributed by atoms with van der Waals surface area (Å²) in [6, 6.07) is 10.1. The number of rotatable bonds is 4. The maximum atomic E-state index is 13.8. The van der Waals surface area contributed by atoms with Gasteiger partial charge in [-0.15, -0.1) is 0 Å². The van der Waals surface area contributed by atoms with Gasteiger partial charge < -0.3 is 5.73 Å². The average molecular weight is 373 g/mol. The Bertz CT molecular complexity index is 748. The van der Waals surface area contributed by atoms with Crippen molar-refractivity contribution in [3.05, 3.63) is 58.3 Å². The van der Waals surface area contributed by atoms with Gasteiger partial charge in [-0.1, -0.05) is 28.1 Å². The van der Waals surface area contributed by atoms with Crippen molar-refractivity contribution in [1.29, 1.82) is 0 Å². The summed E-state index contributed by atoms with van der Waals surface area (Å²) in [7, 11) is -3.94. The SMILES string of the molecule is CC(NS(=O)(=O)c1ccc(Br)cc1F)c1ccc(N)cc1. The highest BCUT2D eigenvalue weighted by molar-refractivity contribution is 9.10. The summed E-state index contributed by atoms with van der Waals surface area (Å²) in [5.41, 5.74) is 6.92. The molecule has 2 aromatic carbocycles. The first-order valence-corrected chi connectivity index (χ1v) is 8.40. The van der Waals surface area contributed by atoms with E-state index in [-0.39, 0.29) is 4.90 Å². The molecule has 0 radical (unpaired) electrons. The van der Waals surface area contributed by atoms with E-state index in [2.05, 4.69) is 20.7 Å². The Kier molecular flexibility index (Phi) is 4.65. The number of hydrogen-bond acceptors (Lipinski definition) is 3. The lowest BCUT2D eigenvalue weighted by atomic mass is 10.1. The van der Waals surface area contributed by atoms with Crippen LogP contribution in [0.15, 0.2) is 51.8 Å². The van der Waals surface area contributed by atoms with Crippen LogP contribution in [0.3, 0.4) is 0 Å². The first kappa shape index (κ1) is 15.9. The predicted molar refractivity (Wildman–Crippen MR) is 83.7 cm³/mol. The third-order valence-electron chi connectivity index (χ3n) is 2.95. The molecule has 21 heavy (non-hydrogen) atoms. The van der Waals surface area contributed by atoms with Gasteiger partial charge in [-0.3, -0.25) is 0 Å². The highest BCUT2D eigenvalue weighted by atomic mass is 79.9. The monoisotopic (exact) mass is 372 g/mol. The number of anilines is 1. The van der Waals surface area contributed by atoms with Crippen molar-refractivity contribution in [2.45, 2.75) is 17.9 Å². The number of sulfonamides is 1. The number of nitrogens with two attached hydrogens (primary N) is 1. The zero-order valence-electron chi connectivity index (χ0n) is 11.2. The largest absolute Gasteiger partial charge is 0.399 e. The summed E-state index contributed by atoms with van der Waals surface area (Å²) in [5, 5.41) is 0. The molecule has 0 saturated heterocycles. The first-order chi connectivity index (χ1) is 9.79. The van der Waals surface area contributed by atoms with Gasteiger partial charge in [0.25, 0.3) is 0 Å². The molecule has 2 aromatic rings. The number of hydrogen-bond donors (Lipinski definition) is 2. The molecular formula is C14H14BrFN2O2S. The molecule has 0 amide bonds. The van der Waals surface area contributed by atoms with Crippen LogP contribution in [0.25, 0.3) is 0 Å². The Labute approximate surface area is 131 Å². The normalized spacial score (nSPS) is 13.1. The number of nitrogens with one attached hydrogen (secondary N) is 1. The van der Waals surface area contributed by atoms with E-state index in [1.807, 2.05) is 0 Å². The molecule has 2 rings (SSSR count). The van der Waals surface area contributed by atoms with Crippen molar-refractivity contribution < 1.29 is 12.8 Å². The lowest BCUT2D eigenvalue weighted by molar-refractivity contribution is 0.546. The van der Waals surface area contributed by atoms with E-state index in [1.165, 1.54) is 12.1 Å². The van der Waals surface area contributed by atoms with Crippen LogP contribution < -0.4 is 10.5 Å². The average Bonchev–Trinajstić information content (AvgIpc) is 2.38. The minimum absolute atomic E-state index is 0.381. The number of nitrogen functional groups attached to an aromatic ring is 1. The molecule has 0 heterocycles. The Hall–Kier alpha value is -1.44. The minimum Gasteiger partial charge on any atom is -0.399 e. The van der Waals surface area contributed by atoms with Crippen molar-refractivity contribution in [1.82, 2.24) is 4.72 Å². The Balaban J connectivity index is 2.26. The second-order valence-corrected chi connectivity index (χ2v) is 7.18. The summed E-state index contributed by atoms with van der Waals surface area (Å²) in [4.78, 5) is -0.381. The Morgan fingerprint density at radius 1 is 1.19 bits per heavy atom. The smallest absolute Gasteiger partial charge is 0.244 e. The van der Waals surface area contributed by atoms with E-state index in [0.29, 0.717) is 10.2 Å².